The van der Waals surface area contributed by atoms with E-state index in [2.05, 4.69) is 20.7 Å². The van der Waals surface area contributed by atoms with Crippen LogP contribution in [0.15, 0.2) is 14.7 Å². The third-order valence-corrected chi connectivity index (χ3v) is 6.51. The van der Waals surface area contributed by atoms with Crippen molar-refractivity contribution in [3.05, 3.63) is 14.7 Å². The fourth-order valence-electron chi connectivity index (χ4n) is 1.69. The molecule has 0 saturated carbocycles. The van der Waals surface area contributed by atoms with E-state index in [9.17, 15) is 13.2 Å². The maximum absolute atomic E-state index is 12.7. The lowest BCUT2D eigenvalue weighted by molar-refractivity contribution is -0.140. The first kappa shape index (κ1) is 18.6. The van der Waals surface area contributed by atoms with E-state index in [1.165, 1.54) is 29.9 Å². The van der Waals surface area contributed by atoms with Gasteiger partial charge in [0.05, 0.1) is 28.8 Å². The Labute approximate surface area is 137 Å². The van der Waals surface area contributed by atoms with Gasteiger partial charge in [-0.3, -0.25) is 4.79 Å². The van der Waals surface area contributed by atoms with Gasteiger partial charge >= 0.3 is 5.97 Å². The molecule has 0 N–H and O–H groups in total. The Morgan fingerprint density at radius 3 is 2.52 bits per heavy atom. The summed E-state index contributed by atoms with van der Waals surface area (Å²) in [5.74, 6) is -0.448. The fourth-order valence-corrected chi connectivity index (χ4v) is 5.50. The molecule has 9 heteroatoms. The van der Waals surface area contributed by atoms with Crippen LogP contribution in [0.5, 0.6) is 0 Å². The average Bonchev–Trinajstić information content (AvgIpc) is 2.77. The zero-order valence-electron chi connectivity index (χ0n) is 12.1. The molecule has 6 nitrogen and oxygen atoms in total. The number of carbonyl (C=O) groups excluding carboxylic acids is 1. The number of rotatable bonds is 8. The molecule has 0 aromatic carbocycles. The largest absolute Gasteiger partial charge is 0.469 e. The number of sulfonamides is 1. The van der Waals surface area contributed by atoms with Crippen LogP contribution in [0.4, 0.5) is 0 Å². The lowest BCUT2D eigenvalue weighted by atomic mass is 10.4. The molecule has 0 aliphatic carbocycles. The van der Waals surface area contributed by atoms with E-state index in [0.717, 1.165) is 3.79 Å². The van der Waals surface area contributed by atoms with E-state index < -0.39 is 16.0 Å². The molecule has 0 bridgehead atoms. The van der Waals surface area contributed by atoms with Crippen LogP contribution in [0.25, 0.3) is 0 Å². The zero-order chi connectivity index (χ0) is 16.0. The number of esters is 1. The summed E-state index contributed by atoms with van der Waals surface area (Å²) in [5, 5.41) is 0. The first-order chi connectivity index (χ1) is 9.82. The molecule has 0 saturated heterocycles. The minimum atomic E-state index is -3.66. The van der Waals surface area contributed by atoms with Gasteiger partial charge in [0, 0.05) is 25.1 Å². The molecule has 0 spiro atoms. The van der Waals surface area contributed by atoms with Gasteiger partial charge in [0.25, 0.3) is 0 Å². The van der Waals surface area contributed by atoms with Crippen molar-refractivity contribution in [2.75, 3.05) is 33.9 Å². The molecule has 0 aliphatic rings. The number of thiophene rings is 1. The number of methoxy groups -OCH3 is 2. The maximum Gasteiger partial charge on any atom is 0.306 e. The van der Waals surface area contributed by atoms with Crippen LogP contribution in [-0.2, 0) is 24.3 Å². The number of aryl methyl sites for hydroxylation is 1. The minimum absolute atomic E-state index is 0.00377. The number of carbonyl (C=O) groups is 1. The van der Waals surface area contributed by atoms with E-state index in [-0.39, 0.29) is 31.0 Å². The highest BCUT2D eigenvalue weighted by atomic mass is 79.9. The Kier molecular flexibility index (Phi) is 7.28. The standard InChI is InChI=1S/C12H18BrNO5S2/c1-9-10(8-11(13)20-9)21(16,17)14(6-7-18-2)5-4-12(15)19-3/h8H,4-7H2,1-3H3. The van der Waals surface area contributed by atoms with Gasteiger partial charge < -0.3 is 9.47 Å². The van der Waals surface area contributed by atoms with E-state index >= 15 is 0 Å². The van der Waals surface area contributed by atoms with Crippen LogP contribution in [0, 0.1) is 6.92 Å². The fraction of sp³-hybridized carbons (Fsp3) is 0.583. The summed E-state index contributed by atoms with van der Waals surface area (Å²) >= 11 is 4.64. The lowest BCUT2D eigenvalue weighted by Gasteiger charge is -2.21. The third kappa shape index (κ3) is 5.03. The Morgan fingerprint density at radius 2 is 2.05 bits per heavy atom. The Morgan fingerprint density at radius 1 is 1.38 bits per heavy atom. The van der Waals surface area contributed by atoms with Crippen LogP contribution in [-0.4, -0.2) is 52.6 Å². The molecule has 0 fully saturated rings. The van der Waals surface area contributed by atoms with Crippen LogP contribution < -0.4 is 0 Å². The van der Waals surface area contributed by atoms with Gasteiger partial charge in [-0.05, 0) is 28.9 Å². The summed E-state index contributed by atoms with van der Waals surface area (Å²) < 4.78 is 36.8. The molecule has 0 radical (unpaired) electrons. The number of halogens is 1. The summed E-state index contributed by atoms with van der Waals surface area (Å²) in [6.07, 6.45) is 0.00377. The second-order valence-electron chi connectivity index (χ2n) is 4.19. The molecule has 120 valence electrons. The van der Waals surface area contributed by atoms with Crippen molar-refractivity contribution in [1.82, 2.24) is 4.31 Å². The first-order valence-corrected chi connectivity index (χ1v) is 9.19. The molecule has 0 atom stereocenters. The van der Waals surface area contributed by atoms with Crippen molar-refractivity contribution < 1.29 is 22.7 Å². The van der Waals surface area contributed by atoms with E-state index in [0.29, 0.717) is 4.88 Å². The van der Waals surface area contributed by atoms with Crippen LogP contribution >= 0.6 is 27.3 Å². The van der Waals surface area contributed by atoms with E-state index in [1.54, 1.807) is 13.0 Å². The number of hydrogen-bond acceptors (Lipinski definition) is 6. The molecule has 1 rings (SSSR count). The van der Waals surface area contributed by atoms with Gasteiger partial charge in [-0.25, -0.2) is 8.42 Å². The Balaban J connectivity index is 2.99. The van der Waals surface area contributed by atoms with Crippen molar-refractivity contribution in [3.63, 3.8) is 0 Å². The van der Waals surface area contributed by atoms with Crippen LogP contribution in [0.3, 0.4) is 0 Å². The van der Waals surface area contributed by atoms with Gasteiger partial charge in [-0.2, -0.15) is 4.31 Å². The normalized spacial score (nSPS) is 11.9. The second-order valence-corrected chi connectivity index (χ2v) is 8.74. The van der Waals surface area contributed by atoms with Crippen molar-refractivity contribution >= 4 is 43.3 Å². The SMILES string of the molecule is COCCN(CCC(=O)OC)S(=O)(=O)c1cc(Br)sc1C. The molecule has 21 heavy (non-hydrogen) atoms. The molecule has 0 unspecified atom stereocenters. The van der Waals surface area contributed by atoms with Crippen molar-refractivity contribution in [3.8, 4) is 0 Å². The molecular weight excluding hydrogens is 382 g/mol. The van der Waals surface area contributed by atoms with E-state index in [1.807, 2.05) is 0 Å². The van der Waals surface area contributed by atoms with E-state index in [4.69, 9.17) is 4.74 Å². The summed E-state index contributed by atoms with van der Waals surface area (Å²) in [6, 6.07) is 1.58. The summed E-state index contributed by atoms with van der Waals surface area (Å²) in [5.41, 5.74) is 0. The highest BCUT2D eigenvalue weighted by Crippen LogP contribution is 2.31. The number of hydrogen-bond donors (Lipinski definition) is 0. The first-order valence-electron chi connectivity index (χ1n) is 6.14. The molecule has 1 heterocycles. The summed E-state index contributed by atoms with van der Waals surface area (Å²) in [4.78, 5) is 12.2. The highest BCUT2D eigenvalue weighted by molar-refractivity contribution is 9.11. The zero-order valence-corrected chi connectivity index (χ0v) is 15.3. The molecule has 0 aliphatic heterocycles. The van der Waals surface area contributed by atoms with Gasteiger partial charge in [0.1, 0.15) is 0 Å². The lowest BCUT2D eigenvalue weighted by Crippen LogP contribution is -2.36. The average molecular weight is 400 g/mol. The van der Waals surface area contributed by atoms with Gasteiger partial charge in [-0.1, -0.05) is 0 Å². The van der Waals surface area contributed by atoms with Crippen LogP contribution in [0.1, 0.15) is 11.3 Å². The van der Waals surface area contributed by atoms with Gasteiger partial charge in [0.15, 0.2) is 0 Å². The van der Waals surface area contributed by atoms with Crippen molar-refractivity contribution in [1.29, 1.82) is 0 Å². The smallest absolute Gasteiger partial charge is 0.306 e. The predicted molar refractivity (Wildman–Crippen MR) is 84.0 cm³/mol. The minimum Gasteiger partial charge on any atom is -0.469 e. The third-order valence-electron chi connectivity index (χ3n) is 2.80. The molecule has 0 amide bonds. The molecular formula is C12H18BrNO5S2. The maximum atomic E-state index is 12.7. The predicted octanol–water partition coefficient (Wildman–Crippen LogP) is 2.02. The summed E-state index contributed by atoms with van der Waals surface area (Å²) in [6.45, 7) is 2.25. The number of ether oxygens (including phenoxy) is 2. The highest BCUT2D eigenvalue weighted by Gasteiger charge is 2.27. The van der Waals surface area contributed by atoms with Crippen LogP contribution in [0.2, 0.25) is 0 Å². The Bertz CT molecular complexity index is 584. The van der Waals surface area contributed by atoms with Crippen molar-refractivity contribution in [2.24, 2.45) is 0 Å². The van der Waals surface area contributed by atoms with Gasteiger partial charge in [-0.15, -0.1) is 11.3 Å². The molecule has 1 aromatic heterocycles. The Hall–Kier alpha value is -0.480. The van der Waals surface area contributed by atoms with Gasteiger partial charge in [0.2, 0.25) is 10.0 Å². The second kappa shape index (κ2) is 8.23. The topological polar surface area (TPSA) is 72.9 Å². The quantitative estimate of drug-likeness (QED) is 0.625. The summed E-state index contributed by atoms with van der Waals surface area (Å²) in [7, 11) is -0.889. The monoisotopic (exact) mass is 399 g/mol. The number of nitrogens with zero attached hydrogens (tertiary/aromatic N) is 1. The molecule has 1 aromatic rings. The van der Waals surface area contributed by atoms with Crippen molar-refractivity contribution in [2.45, 2.75) is 18.2 Å².